The molecule has 1 aromatic heterocycles. The van der Waals surface area contributed by atoms with Crippen LogP contribution in [0.5, 0.6) is 0 Å². The molecule has 1 aromatic rings. The van der Waals surface area contributed by atoms with E-state index in [1.165, 1.54) is 37.4 Å². The van der Waals surface area contributed by atoms with E-state index < -0.39 is 0 Å². The fraction of sp³-hybridized carbons (Fsp3) is 0.765. The SMILES string of the molecule is c1csc(CN2CC[C@@]3(COCCN([C@H]4CCOC4)C3)C2)c1. The average molecular weight is 322 g/mol. The van der Waals surface area contributed by atoms with Crippen LogP contribution < -0.4 is 0 Å². The van der Waals surface area contributed by atoms with Gasteiger partial charge in [0, 0.05) is 49.1 Å². The minimum Gasteiger partial charge on any atom is -0.380 e. The lowest BCUT2D eigenvalue weighted by atomic mass is 9.87. The number of rotatable bonds is 3. The van der Waals surface area contributed by atoms with Gasteiger partial charge in [-0.3, -0.25) is 9.80 Å². The van der Waals surface area contributed by atoms with Gasteiger partial charge in [-0.15, -0.1) is 11.3 Å². The lowest BCUT2D eigenvalue weighted by Crippen LogP contribution is -2.45. The molecular weight excluding hydrogens is 296 g/mol. The second kappa shape index (κ2) is 6.57. The Morgan fingerprint density at radius 1 is 1.23 bits per heavy atom. The molecule has 0 aromatic carbocycles. The van der Waals surface area contributed by atoms with Crippen molar-refractivity contribution in [3.05, 3.63) is 22.4 Å². The minimum absolute atomic E-state index is 0.330. The summed E-state index contributed by atoms with van der Waals surface area (Å²) in [6.45, 7) is 9.38. The largest absolute Gasteiger partial charge is 0.380 e. The third-order valence-electron chi connectivity index (χ3n) is 5.37. The second-order valence-electron chi connectivity index (χ2n) is 7.08. The molecular formula is C17H26N2O2S. The molecule has 2 atom stereocenters. The van der Waals surface area contributed by atoms with E-state index in [4.69, 9.17) is 9.47 Å². The van der Waals surface area contributed by atoms with E-state index >= 15 is 0 Å². The van der Waals surface area contributed by atoms with Crippen LogP contribution in [-0.4, -0.2) is 68.4 Å². The van der Waals surface area contributed by atoms with Crippen molar-refractivity contribution in [2.75, 3.05) is 52.6 Å². The Bertz CT molecular complexity index is 475. The van der Waals surface area contributed by atoms with Crippen molar-refractivity contribution in [3.8, 4) is 0 Å². The minimum atomic E-state index is 0.330. The fourth-order valence-electron chi connectivity index (χ4n) is 4.18. The summed E-state index contributed by atoms with van der Waals surface area (Å²) in [7, 11) is 0. The summed E-state index contributed by atoms with van der Waals surface area (Å²) in [6, 6.07) is 5.02. The number of hydrogen-bond acceptors (Lipinski definition) is 5. The molecule has 4 nitrogen and oxygen atoms in total. The molecule has 22 heavy (non-hydrogen) atoms. The Hall–Kier alpha value is -0.460. The highest BCUT2D eigenvalue weighted by atomic mass is 32.1. The summed E-state index contributed by atoms with van der Waals surface area (Å²) in [5, 5.41) is 2.18. The first-order valence-electron chi connectivity index (χ1n) is 8.47. The molecule has 5 heteroatoms. The van der Waals surface area contributed by atoms with Crippen LogP contribution in [0.3, 0.4) is 0 Å². The highest BCUT2D eigenvalue weighted by Gasteiger charge is 2.42. The molecule has 0 bridgehead atoms. The van der Waals surface area contributed by atoms with Crippen LogP contribution in [0.1, 0.15) is 17.7 Å². The summed E-state index contributed by atoms with van der Waals surface area (Å²) >= 11 is 1.87. The van der Waals surface area contributed by atoms with E-state index in [-0.39, 0.29) is 0 Å². The summed E-state index contributed by atoms with van der Waals surface area (Å²) < 4.78 is 11.6. The molecule has 122 valence electrons. The van der Waals surface area contributed by atoms with Crippen LogP contribution in [0, 0.1) is 5.41 Å². The van der Waals surface area contributed by atoms with Crippen LogP contribution in [0.25, 0.3) is 0 Å². The van der Waals surface area contributed by atoms with Crippen LogP contribution in [0.15, 0.2) is 17.5 Å². The van der Waals surface area contributed by atoms with Gasteiger partial charge in [-0.05, 0) is 30.8 Å². The molecule has 0 amide bonds. The number of likely N-dealkylation sites (tertiary alicyclic amines) is 1. The van der Waals surface area contributed by atoms with Crippen molar-refractivity contribution in [1.29, 1.82) is 0 Å². The van der Waals surface area contributed by atoms with E-state index in [9.17, 15) is 0 Å². The lowest BCUT2D eigenvalue weighted by Gasteiger charge is -2.34. The average Bonchev–Trinajstić information content (AvgIpc) is 3.23. The molecule has 3 aliphatic rings. The first-order chi connectivity index (χ1) is 10.8. The fourth-order valence-corrected chi connectivity index (χ4v) is 4.93. The standard InChI is InChI=1S/C17H26N2O2S/c1-2-16(22-9-1)10-18-5-4-17(12-18)13-19(6-8-21-14-17)15-3-7-20-11-15/h1-2,9,15H,3-8,10-14H2/t15-,17+/m0/s1. The molecule has 4 rings (SSSR count). The highest BCUT2D eigenvalue weighted by molar-refractivity contribution is 7.09. The molecule has 4 heterocycles. The molecule has 0 aliphatic carbocycles. The smallest absolute Gasteiger partial charge is 0.0622 e. The molecule has 3 fully saturated rings. The number of ether oxygens (including phenoxy) is 2. The quantitative estimate of drug-likeness (QED) is 0.850. The molecule has 0 saturated carbocycles. The summed E-state index contributed by atoms with van der Waals surface area (Å²) in [4.78, 5) is 6.74. The maximum Gasteiger partial charge on any atom is 0.0622 e. The van der Waals surface area contributed by atoms with Crippen molar-refractivity contribution in [2.24, 2.45) is 5.41 Å². The topological polar surface area (TPSA) is 24.9 Å². The molecule has 3 saturated heterocycles. The second-order valence-corrected chi connectivity index (χ2v) is 8.11. The van der Waals surface area contributed by atoms with Crippen LogP contribution in [-0.2, 0) is 16.0 Å². The van der Waals surface area contributed by atoms with E-state index in [2.05, 4.69) is 27.3 Å². The number of hydrogen-bond donors (Lipinski definition) is 0. The van der Waals surface area contributed by atoms with Gasteiger partial charge < -0.3 is 9.47 Å². The molecule has 3 aliphatic heterocycles. The molecule has 0 radical (unpaired) electrons. The van der Waals surface area contributed by atoms with Gasteiger partial charge in [-0.25, -0.2) is 0 Å². The van der Waals surface area contributed by atoms with Crippen molar-refractivity contribution in [1.82, 2.24) is 9.80 Å². The number of thiophene rings is 1. The van der Waals surface area contributed by atoms with Gasteiger partial charge in [-0.2, -0.15) is 0 Å². The summed E-state index contributed by atoms with van der Waals surface area (Å²) in [5.41, 5.74) is 0.330. The van der Waals surface area contributed by atoms with Gasteiger partial charge in [0.05, 0.1) is 19.8 Å². The van der Waals surface area contributed by atoms with E-state index in [1.807, 2.05) is 11.3 Å². The normalized spacial score (nSPS) is 34.5. The summed E-state index contributed by atoms with van der Waals surface area (Å²) in [5.74, 6) is 0. The Morgan fingerprint density at radius 2 is 2.23 bits per heavy atom. The van der Waals surface area contributed by atoms with Crippen molar-refractivity contribution >= 4 is 11.3 Å². The zero-order valence-corrected chi connectivity index (χ0v) is 14.0. The number of nitrogens with zero attached hydrogens (tertiary/aromatic N) is 2. The molecule has 0 N–H and O–H groups in total. The predicted molar refractivity (Wildman–Crippen MR) is 88.3 cm³/mol. The van der Waals surface area contributed by atoms with Crippen LogP contribution in [0.2, 0.25) is 0 Å². The van der Waals surface area contributed by atoms with E-state index in [0.717, 1.165) is 39.5 Å². The van der Waals surface area contributed by atoms with Crippen molar-refractivity contribution in [3.63, 3.8) is 0 Å². The zero-order chi connectivity index (χ0) is 14.8. The van der Waals surface area contributed by atoms with Crippen LogP contribution >= 0.6 is 11.3 Å². The molecule has 1 spiro atoms. The first-order valence-corrected chi connectivity index (χ1v) is 9.35. The van der Waals surface area contributed by atoms with E-state index in [0.29, 0.717) is 11.5 Å². The van der Waals surface area contributed by atoms with Gasteiger partial charge in [0.25, 0.3) is 0 Å². The Balaban J connectivity index is 1.41. The monoisotopic (exact) mass is 322 g/mol. The Kier molecular flexibility index (Phi) is 4.51. The van der Waals surface area contributed by atoms with Crippen molar-refractivity contribution in [2.45, 2.75) is 25.4 Å². The third kappa shape index (κ3) is 3.24. The van der Waals surface area contributed by atoms with Gasteiger partial charge in [0.15, 0.2) is 0 Å². The molecule has 0 unspecified atom stereocenters. The van der Waals surface area contributed by atoms with Gasteiger partial charge in [0.2, 0.25) is 0 Å². The highest BCUT2D eigenvalue weighted by Crippen LogP contribution is 2.35. The maximum absolute atomic E-state index is 6.00. The first kappa shape index (κ1) is 15.1. The van der Waals surface area contributed by atoms with Crippen molar-refractivity contribution < 1.29 is 9.47 Å². The van der Waals surface area contributed by atoms with Gasteiger partial charge in [-0.1, -0.05) is 6.07 Å². The Morgan fingerprint density at radius 3 is 3.05 bits per heavy atom. The third-order valence-corrected chi connectivity index (χ3v) is 6.23. The predicted octanol–water partition coefficient (Wildman–Crippen LogP) is 2.06. The zero-order valence-electron chi connectivity index (χ0n) is 13.2. The maximum atomic E-state index is 6.00. The Labute approximate surface area is 137 Å². The van der Waals surface area contributed by atoms with Crippen LogP contribution in [0.4, 0.5) is 0 Å². The van der Waals surface area contributed by atoms with E-state index in [1.54, 1.807) is 0 Å². The lowest BCUT2D eigenvalue weighted by molar-refractivity contribution is 0.0685. The summed E-state index contributed by atoms with van der Waals surface area (Å²) in [6.07, 6.45) is 2.46. The van der Waals surface area contributed by atoms with Gasteiger partial charge in [0.1, 0.15) is 0 Å². The van der Waals surface area contributed by atoms with Gasteiger partial charge >= 0.3 is 0 Å².